The van der Waals surface area contributed by atoms with Gasteiger partial charge in [-0.3, -0.25) is 4.79 Å². The third-order valence-electron chi connectivity index (χ3n) is 3.94. The SMILES string of the molecule is CC(C)(O)CCc1ccc(C(=O)N2CCC(F)CC2)cc1. The lowest BCUT2D eigenvalue weighted by molar-refractivity contribution is 0.0665. The topological polar surface area (TPSA) is 40.5 Å². The van der Waals surface area contributed by atoms with Crippen molar-refractivity contribution in [3.8, 4) is 0 Å². The first-order chi connectivity index (χ1) is 9.85. The number of aryl methyl sites for hydroxylation is 1. The van der Waals surface area contributed by atoms with Gasteiger partial charge >= 0.3 is 0 Å². The lowest BCUT2D eigenvalue weighted by Gasteiger charge is -2.28. The van der Waals surface area contributed by atoms with Crippen molar-refractivity contribution in [1.29, 1.82) is 0 Å². The molecular weight excluding hydrogens is 269 g/mol. The molecule has 0 unspecified atom stereocenters. The molecule has 1 aromatic rings. The maximum atomic E-state index is 13.1. The summed E-state index contributed by atoms with van der Waals surface area (Å²) in [6.45, 7) is 4.58. The zero-order valence-electron chi connectivity index (χ0n) is 12.8. The van der Waals surface area contributed by atoms with Gasteiger partial charge in [0.15, 0.2) is 0 Å². The van der Waals surface area contributed by atoms with E-state index in [0.29, 0.717) is 37.9 Å². The molecule has 0 aromatic heterocycles. The number of carbonyl (C=O) groups is 1. The Labute approximate surface area is 125 Å². The van der Waals surface area contributed by atoms with Gasteiger partial charge in [-0.15, -0.1) is 0 Å². The first-order valence-electron chi connectivity index (χ1n) is 7.60. The number of nitrogens with zero attached hydrogens (tertiary/aromatic N) is 1. The molecule has 0 spiro atoms. The zero-order chi connectivity index (χ0) is 15.5. The molecule has 2 rings (SSSR count). The summed E-state index contributed by atoms with van der Waals surface area (Å²) >= 11 is 0. The average molecular weight is 293 g/mol. The van der Waals surface area contributed by atoms with Gasteiger partial charge in [0.25, 0.3) is 5.91 Å². The summed E-state index contributed by atoms with van der Waals surface area (Å²) in [4.78, 5) is 14.0. The van der Waals surface area contributed by atoms with Crippen LogP contribution < -0.4 is 0 Å². The van der Waals surface area contributed by atoms with Crippen molar-refractivity contribution >= 4 is 5.91 Å². The van der Waals surface area contributed by atoms with Crippen molar-refractivity contribution < 1.29 is 14.3 Å². The fraction of sp³-hybridized carbons (Fsp3) is 0.588. The van der Waals surface area contributed by atoms with E-state index in [4.69, 9.17) is 0 Å². The summed E-state index contributed by atoms with van der Waals surface area (Å²) in [5.74, 6) is -0.0176. The third-order valence-corrected chi connectivity index (χ3v) is 3.94. The normalized spacial score (nSPS) is 17.0. The maximum absolute atomic E-state index is 13.1. The first kappa shape index (κ1) is 16.0. The van der Waals surface area contributed by atoms with Gasteiger partial charge in [-0.05, 0) is 57.2 Å². The number of hydrogen-bond acceptors (Lipinski definition) is 2. The van der Waals surface area contributed by atoms with Crippen molar-refractivity contribution in [3.63, 3.8) is 0 Å². The molecule has 1 N–H and O–H groups in total. The highest BCUT2D eigenvalue weighted by Crippen LogP contribution is 2.18. The number of amides is 1. The second-order valence-electron chi connectivity index (χ2n) is 6.48. The van der Waals surface area contributed by atoms with E-state index in [2.05, 4.69) is 0 Å². The van der Waals surface area contributed by atoms with E-state index in [1.54, 1.807) is 18.7 Å². The molecular formula is C17H24FNO2. The van der Waals surface area contributed by atoms with Gasteiger partial charge in [0.05, 0.1) is 5.60 Å². The molecule has 1 amide bonds. The molecule has 1 heterocycles. The lowest BCUT2D eigenvalue weighted by atomic mass is 9.98. The largest absolute Gasteiger partial charge is 0.390 e. The van der Waals surface area contributed by atoms with Crippen LogP contribution in [-0.2, 0) is 6.42 Å². The Morgan fingerprint density at radius 1 is 1.29 bits per heavy atom. The van der Waals surface area contributed by atoms with Crippen LogP contribution in [0.25, 0.3) is 0 Å². The molecule has 0 bridgehead atoms. The Kier molecular flexibility index (Phi) is 4.99. The van der Waals surface area contributed by atoms with Crippen LogP contribution >= 0.6 is 0 Å². The number of likely N-dealkylation sites (tertiary alicyclic amines) is 1. The lowest BCUT2D eigenvalue weighted by Crippen LogP contribution is -2.39. The summed E-state index contributed by atoms with van der Waals surface area (Å²) < 4.78 is 13.1. The van der Waals surface area contributed by atoms with Gasteiger partial charge in [0, 0.05) is 18.7 Å². The van der Waals surface area contributed by atoms with Gasteiger partial charge in [-0.1, -0.05) is 12.1 Å². The van der Waals surface area contributed by atoms with Crippen LogP contribution in [0, 0.1) is 0 Å². The molecule has 3 nitrogen and oxygen atoms in total. The molecule has 0 radical (unpaired) electrons. The Bertz CT molecular complexity index is 471. The smallest absolute Gasteiger partial charge is 0.253 e. The molecule has 1 aromatic carbocycles. The summed E-state index contributed by atoms with van der Waals surface area (Å²) in [6.07, 6.45) is 1.58. The number of rotatable bonds is 4. The van der Waals surface area contributed by atoms with Gasteiger partial charge in [0.1, 0.15) is 6.17 Å². The van der Waals surface area contributed by atoms with Crippen LogP contribution in [0.1, 0.15) is 49.0 Å². The predicted octanol–water partition coefficient (Wildman–Crippen LogP) is 2.96. The minimum absolute atomic E-state index is 0.0176. The van der Waals surface area contributed by atoms with Gasteiger partial charge in [-0.25, -0.2) is 4.39 Å². The van der Waals surface area contributed by atoms with E-state index in [1.807, 2.05) is 24.3 Å². The van der Waals surface area contributed by atoms with E-state index in [0.717, 1.165) is 12.0 Å². The fourth-order valence-electron chi connectivity index (χ4n) is 2.50. The highest BCUT2D eigenvalue weighted by atomic mass is 19.1. The Hall–Kier alpha value is -1.42. The second-order valence-corrected chi connectivity index (χ2v) is 6.48. The monoisotopic (exact) mass is 293 g/mol. The molecule has 21 heavy (non-hydrogen) atoms. The van der Waals surface area contributed by atoms with Gasteiger partial charge in [0.2, 0.25) is 0 Å². The van der Waals surface area contributed by atoms with E-state index < -0.39 is 11.8 Å². The van der Waals surface area contributed by atoms with E-state index in [-0.39, 0.29) is 5.91 Å². The van der Waals surface area contributed by atoms with Crippen LogP contribution in [0.4, 0.5) is 4.39 Å². The summed E-state index contributed by atoms with van der Waals surface area (Å²) in [7, 11) is 0. The molecule has 0 saturated carbocycles. The van der Waals surface area contributed by atoms with E-state index in [1.165, 1.54) is 0 Å². The minimum Gasteiger partial charge on any atom is -0.390 e. The van der Waals surface area contributed by atoms with Crippen molar-refractivity contribution in [2.24, 2.45) is 0 Å². The molecule has 1 aliphatic rings. The average Bonchev–Trinajstić information content (AvgIpc) is 2.45. The molecule has 116 valence electrons. The van der Waals surface area contributed by atoms with Crippen LogP contribution in [0.15, 0.2) is 24.3 Å². The molecule has 0 aliphatic carbocycles. The molecule has 1 aliphatic heterocycles. The van der Waals surface area contributed by atoms with Gasteiger partial charge in [-0.2, -0.15) is 0 Å². The Balaban J connectivity index is 1.93. The van der Waals surface area contributed by atoms with E-state index >= 15 is 0 Å². The molecule has 1 saturated heterocycles. The number of piperidine rings is 1. The minimum atomic E-state index is -0.765. The quantitative estimate of drug-likeness (QED) is 0.927. The third kappa shape index (κ3) is 4.81. The van der Waals surface area contributed by atoms with Crippen molar-refractivity contribution in [3.05, 3.63) is 35.4 Å². The highest BCUT2D eigenvalue weighted by Gasteiger charge is 2.23. The second kappa shape index (κ2) is 6.56. The van der Waals surface area contributed by atoms with Crippen molar-refractivity contribution in [2.45, 2.75) is 51.3 Å². The number of aliphatic hydroxyl groups is 1. The van der Waals surface area contributed by atoms with Crippen LogP contribution in [0.3, 0.4) is 0 Å². The van der Waals surface area contributed by atoms with Crippen molar-refractivity contribution in [1.82, 2.24) is 4.90 Å². The number of benzene rings is 1. The highest BCUT2D eigenvalue weighted by molar-refractivity contribution is 5.94. The van der Waals surface area contributed by atoms with Crippen LogP contribution in [0.5, 0.6) is 0 Å². The number of halogens is 1. The van der Waals surface area contributed by atoms with Gasteiger partial charge < -0.3 is 10.0 Å². The summed E-state index contributed by atoms with van der Waals surface area (Å²) in [5.41, 5.74) is 1.08. The summed E-state index contributed by atoms with van der Waals surface area (Å²) in [5, 5.41) is 9.72. The predicted molar refractivity (Wildman–Crippen MR) is 81.1 cm³/mol. The molecule has 0 atom stereocenters. The number of hydrogen-bond donors (Lipinski definition) is 1. The van der Waals surface area contributed by atoms with Crippen molar-refractivity contribution in [2.75, 3.05) is 13.1 Å². The standard InChI is InChI=1S/C17H24FNO2/c1-17(2,21)10-7-13-3-5-14(6-4-13)16(20)19-11-8-15(18)9-12-19/h3-6,15,21H,7-12H2,1-2H3. The number of alkyl halides is 1. The van der Waals surface area contributed by atoms with Crippen LogP contribution in [0.2, 0.25) is 0 Å². The Morgan fingerprint density at radius 2 is 1.86 bits per heavy atom. The van der Waals surface area contributed by atoms with E-state index in [9.17, 15) is 14.3 Å². The fourth-order valence-corrected chi connectivity index (χ4v) is 2.50. The molecule has 1 fully saturated rings. The van der Waals surface area contributed by atoms with Crippen LogP contribution in [-0.4, -0.2) is 40.8 Å². The summed E-state index contributed by atoms with van der Waals surface area (Å²) in [6, 6.07) is 7.51. The maximum Gasteiger partial charge on any atom is 0.253 e. The number of carbonyl (C=O) groups excluding carboxylic acids is 1. The Morgan fingerprint density at radius 3 is 2.38 bits per heavy atom. The molecule has 4 heteroatoms. The zero-order valence-corrected chi connectivity index (χ0v) is 12.8. The first-order valence-corrected chi connectivity index (χ1v) is 7.60.